The molecule has 1 saturated heterocycles. The molecular weight excluding hydrogens is 332 g/mol. The summed E-state index contributed by atoms with van der Waals surface area (Å²) < 4.78 is 1.03. The van der Waals surface area contributed by atoms with E-state index in [1.165, 1.54) is 0 Å². The normalized spacial score (nSPS) is 18.1. The van der Waals surface area contributed by atoms with Crippen molar-refractivity contribution in [2.24, 2.45) is 5.92 Å². The molecule has 1 fully saturated rings. The first-order valence-electron chi connectivity index (χ1n) is 7.36. The molecule has 1 aromatic rings. The van der Waals surface area contributed by atoms with Gasteiger partial charge in [-0.15, -0.1) is 0 Å². The Morgan fingerprint density at radius 2 is 2.00 bits per heavy atom. The molecular formula is C16H21BrN2O2. The van der Waals surface area contributed by atoms with Gasteiger partial charge in [-0.3, -0.25) is 9.59 Å². The minimum atomic E-state index is -0.187. The van der Waals surface area contributed by atoms with Crippen LogP contribution in [-0.2, 0) is 16.1 Å². The molecule has 2 amide bonds. The van der Waals surface area contributed by atoms with Gasteiger partial charge in [0.15, 0.2) is 0 Å². The number of hydrogen-bond donors (Lipinski definition) is 0. The molecule has 0 aliphatic carbocycles. The first-order valence-corrected chi connectivity index (χ1v) is 8.15. The highest BCUT2D eigenvalue weighted by Gasteiger charge is 2.35. The smallest absolute Gasteiger partial charge is 0.228 e. The summed E-state index contributed by atoms with van der Waals surface area (Å²) in [7, 11) is 0. The van der Waals surface area contributed by atoms with Crippen LogP contribution in [0.1, 0.15) is 25.8 Å². The topological polar surface area (TPSA) is 40.6 Å². The van der Waals surface area contributed by atoms with E-state index in [1.807, 2.05) is 43.0 Å². The van der Waals surface area contributed by atoms with Crippen molar-refractivity contribution in [2.45, 2.75) is 26.8 Å². The Balaban J connectivity index is 2.02. The van der Waals surface area contributed by atoms with Crippen LogP contribution in [0.3, 0.4) is 0 Å². The van der Waals surface area contributed by atoms with Gasteiger partial charge in [0.1, 0.15) is 0 Å². The molecule has 0 N–H and O–H groups in total. The maximum absolute atomic E-state index is 12.6. The maximum atomic E-state index is 12.6. The van der Waals surface area contributed by atoms with E-state index in [4.69, 9.17) is 0 Å². The monoisotopic (exact) mass is 352 g/mol. The molecule has 0 radical (unpaired) electrons. The van der Waals surface area contributed by atoms with E-state index in [0.717, 1.165) is 10.0 Å². The van der Waals surface area contributed by atoms with E-state index >= 15 is 0 Å². The molecule has 2 rings (SSSR count). The molecule has 1 heterocycles. The number of carbonyl (C=O) groups excluding carboxylic acids is 2. The van der Waals surface area contributed by atoms with Crippen LogP contribution in [0.15, 0.2) is 28.7 Å². The maximum Gasteiger partial charge on any atom is 0.228 e. The molecule has 0 aromatic heterocycles. The van der Waals surface area contributed by atoms with Crippen LogP contribution >= 0.6 is 15.9 Å². The van der Waals surface area contributed by atoms with Crippen LogP contribution < -0.4 is 0 Å². The highest BCUT2D eigenvalue weighted by Crippen LogP contribution is 2.21. The lowest BCUT2D eigenvalue weighted by Crippen LogP contribution is -2.36. The molecule has 1 aromatic carbocycles. The lowest BCUT2D eigenvalue weighted by molar-refractivity contribution is -0.136. The Morgan fingerprint density at radius 3 is 2.52 bits per heavy atom. The number of rotatable bonds is 5. The number of hydrogen-bond acceptors (Lipinski definition) is 2. The summed E-state index contributed by atoms with van der Waals surface area (Å²) >= 11 is 3.41. The molecule has 1 unspecified atom stereocenters. The van der Waals surface area contributed by atoms with Crippen LogP contribution in [0.4, 0.5) is 0 Å². The van der Waals surface area contributed by atoms with Crippen molar-refractivity contribution in [1.29, 1.82) is 0 Å². The highest BCUT2D eigenvalue weighted by atomic mass is 79.9. The summed E-state index contributed by atoms with van der Waals surface area (Å²) in [6.07, 6.45) is 0.351. The largest absolute Gasteiger partial charge is 0.342 e. The average Bonchev–Trinajstić information content (AvgIpc) is 2.87. The Hall–Kier alpha value is -1.36. The molecule has 21 heavy (non-hydrogen) atoms. The molecule has 4 nitrogen and oxygen atoms in total. The number of halogens is 1. The summed E-state index contributed by atoms with van der Waals surface area (Å²) in [4.78, 5) is 28.0. The zero-order valence-electron chi connectivity index (χ0n) is 12.5. The Bertz CT molecular complexity index is 516. The van der Waals surface area contributed by atoms with E-state index in [1.54, 1.807) is 4.90 Å². The van der Waals surface area contributed by atoms with Crippen LogP contribution in [-0.4, -0.2) is 41.2 Å². The fourth-order valence-corrected chi connectivity index (χ4v) is 2.92. The van der Waals surface area contributed by atoms with Gasteiger partial charge in [0.25, 0.3) is 0 Å². The first kappa shape index (κ1) is 16.0. The van der Waals surface area contributed by atoms with E-state index in [-0.39, 0.29) is 17.7 Å². The summed E-state index contributed by atoms with van der Waals surface area (Å²) in [5.74, 6) is -0.00638. The number of carbonyl (C=O) groups is 2. The second-order valence-electron chi connectivity index (χ2n) is 5.31. The minimum Gasteiger partial charge on any atom is -0.342 e. The van der Waals surface area contributed by atoms with Crippen molar-refractivity contribution < 1.29 is 9.59 Å². The highest BCUT2D eigenvalue weighted by molar-refractivity contribution is 9.10. The van der Waals surface area contributed by atoms with Gasteiger partial charge in [0.2, 0.25) is 11.8 Å². The molecule has 1 atom stereocenters. The standard InChI is InChI=1S/C16H21BrN2O2/c1-3-18-11-13(9-15(18)20)16(21)19(4-2)10-12-5-7-14(17)8-6-12/h5-8,13H,3-4,9-11H2,1-2H3. The van der Waals surface area contributed by atoms with E-state index in [0.29, 0.717) is 32.6 Å². The predicted octanol–water partition coefficient (Wildman–Crippen LogP) is 2.67. The lowest BCUT2D eigenvalue weighted by Gasteiger charge is -2.24. The second kappa shape index (κ2) is 7.07. The summed E-state index contributed by atoms with van der Waals surface area (Å²) in [6, 6.07) is 7.98. The van der Waals surface area contributed by atoms with Crippen LogP contribution in [0.5, 0.6) is 0 Å². The molecule has 0 bridgehead atoms. The molecule has 0 spiro atoms. The molecule has 1 aliphatic rings. The van der Waals surface area contributed by atoms with Gasteiger partial charge < -0.3 is 9.80 Å². The van der Waals surface area contributed by atoms with Crippen LogP contribution in [0, 0.1) is 5.92 Å². The molecule has 0 saturated carbocycles. The van der Waals surface area contributed by atoms with E-state index in [2.05, 4.69) is 15.9 Å². The van der Waals surface area contributed by atoms with Gasteiger partial charge in [-0.1, -0.05) is 28.1 Å². The van der Waals surface area contributed by atoms with Crippen molar-refractivity contribution in [1.82, 2.24) is 9.80 Å². The van der Waals surface area contributed by atoms with E-state index < -0.39 is 0 Å². The number of likely N-dealkylation sites (tertiary alicyclic amines) is 1. The van der Waals surface area contributed by atoms with Crippen molar-refractivity contribution in [2.75, 3.05) is 19.6 Å². The van der Waals surface area contributed by atoms with Gasteiger partial charge in [-0.2, -0.15) is 0 Å². The van der Waals surface area contributed by atoms with Gasteiger partial charge >= 0.3 is 0 Å². The van der Waals surface area contributed by atoms with Gasteiger partial charge in [0, 0.05) is 37.1 Å². The zero-order chi connectivity index (χ0) is 15.4. The summed E-state index contributed by atoms with van der Waals surface area (Å²) in [6.45, 7) is 6.42. The van der Waals surface area contributed by atoms with Gasteiger partial charge in [-0.05, 0) is 31.5 Å². The Labute approximate surface area is 134 Å². The quantitative estimate of drug-likeness (QED) is 0.817. The van der Waals surface area contributed by atoms with E-state index in [9.17, 15) is 9.59 Å². The van der Waals surface area contributed by atoms with Crippen molar-refractivity contribution in [3.8, 4) is 0 Å². The minimum absolute atomic E-state index is 0.0877. The van der Waals surface area contributed by atoms with Crippen molar-refractivity contribution >= 4 is 27.7 Å². The molecule has 5 heteroatoms. The fraction of sp³-hybridized carbons (Fsp3) is 0.500. The Morgan fingerprint density at radius 1 is 1.33 bits per heavy atom. The van der Waals surface area contributed by atoms with Crippen molar-refractivity contribution in [3.63, 3.8) is 0 Å². The SMILES string of the molecule is CCN1CC(C(=O)N(CC)Cc2ccc(Br)cc2)CC1=O. The number of nitrogens with zero attached hydrogens (tertiary/aromatic N) is 2. The lowest BCUT2D eigenvalue weighted by atomic mass is 10.1. The van der Waals surface area contributed by atoms with Gasteiger partial charge in [-0.25, -0.2) is 0 Å². The first-order chi connectivity index (χ1) is 10.0. The average molecular weight is 353 g/mol. The second-order valence-corrected chi connectivity index (χ2v) is 6.23. The predicted molar refractivity (Wildman–Crippen MR) is 85.6 cm³/mol. The zero-order valence-corrected chi connectivity index (χ0v) is 14.1. The number of benzene rings is 1. The summed E-state index contributed by atoms with van der Waals surface area (Å²) in [5, 5.41) is 0. The molecule has 114 valence electrons. The van der Waals surface area contributed by atoms with Crippen LogP contribution in [0.2, 0.25) is 0 Å². The van der Waals surface area contributed by atoms with Gasteiger partial charge in [0.05, 0.1) is 5.92 Å². The van der Waals surface area contributed by atoms with Crippen LogP contribution in [0.25, 0.3) is 0 Å². The third-order valence-corrected chi connectivity index (χ3v) is 4.45. The van der Waals surface area contributed by atoms with Crippen molar-refractivity contribution in [3.05, 3.63) is 34.3 Å². The Kier molecular flexibility index (Phi) is 5.39. The molecule has 1 aliphatic heterocycles. The fourth-order valence-electron chi connectivity index (χ4n) is 2.66. The third-order valence-electron chi connectivity index (χ3n) is 3.93. The third kappa shape index (κ3) is 3.84. The number of amides is 2. The summed E-state index contributed by atoms with van der Waals surface area (Å²) in [5.41, 5.74) is 1.10.